The second-order valence-corrected chi connectivity index (χ2v) is 3.97. The maximum Gasteiger partial charge on any atom is 0.418 e. The average molecular weight is 259 g/mol. The van der Waals surface area contributed by atoms with Gasteiger partial charge in [0.2, 0.25) is 10.9 Å². The number of hydrogen-bond donors (Lipinski definition) is 3. The van der Waals surface area contributed by atoms with Crippen LogP contribution >= 0.6 is 0 Å². The zero-order valence-electron chi connectivity index (χ0n) is 8.96. The second kappa shape index (κ2) is 6.74. The molecule has 0 unspecified atom stereocenters. The van der Waals surface area contributed by atoms with E-state index in [1.807, 2.05) is 12.1 Å². The van der Waals surface area contributed by atoms with Gasteiger partial charge in [-0.25, -0.2) is 17.9 Å². The maximum absolute atomic E-state index is 9.35. The number of rotatable bonds is 1. The van der Waals surface area contributed by atoms with Gasteiger partial charge in [-0.2, -0.15) is 0 Å². The van der Waals surface area contributed by atoms with Crippen molar-refractivity contribution in [3.8, 4) is 5.75 Å². The van der Waals surface area contributed by atoms with Gasteiger partial charge in [-0.05, 0) is 24.5 Å². The van der Waals surface area contributed by atoms with Crippen molar-refractivity contribution in [3.05, 3.63) is 29.8 Å². The van der Waals surface area contributed by atoms with E-state index in [9.17, 15) is 13.2 Å². The van der Waals surface area contributed by atoms with Crippen molar-refractivity contribution >= 4 is 17.0 Å². The van der Waals surface area contributed by atoms with E-state index < -0.39 is 17.0 Å². The van der Waals surface area contributed by atoms with Crippen LogP contribution < -0.4 is 9.46 Å². The topological polar surface area (TPSA) is 92.7 Å². The van der Waals surface area contributed by atoms with Gasteiger partial charge in [-0.3, -0.25) is 0 Å². The van der Waals surface area contributed by atoms with Crippen molar-refractivity contribution in [1.29, 1.82) is 0 Å². The summed E-state index contributed by atoms with van der Waals surface area (Å²) in [4.78, 5) is 9.31. The van der Waals surface area contributed by atoms with E-state index in [0.717, 1.165) is 18.8 Å². The molecule has 1 aromatic carbocycles. The number of hydrogen-bond acceptors (Lipinski definition) is 4. The van der Waals surface area contributed by atoms with Crippen LogP contribution in [-0.2, 0) is 17.3 Å². The average Bonchev–Trinajstić information content (AvgIpc) is 2.28. The smallest absolute Gasteiger partial charge is 0.418 e. The fourth-order valence-electron chi connectivity index (χ4n) is 1.37. The first-order valence-electron chi connectivity index (χ1n) is 4.94. The molecule has 2 rings (SSSR count). The minimum Gasteiger partial charge on any atom is -0.493 e. The summed E-state index contributed by atoms with van der Waals surface area (Å²) in [7, 11) is -2.99. The van der Waals surface area contributed by atoms with Gasteiger partial charge in [0.25, 0.3) is 0 Å². The summed E-state index contributed by atoms with van der Waals surface area (Å²) in [5, 5.41) is 7.59. The molecule has 1 heterocycles. The number of carboxylic acid groups (broad SMARTS) is 1. The first-order valence-corrected chi connectivity index (χ1v) is 6.12. The Hall–Kier alpha value is -1.76. The molecule has 0 saturated carbocycles. The Bertz CT molecular complexity index is 425. The first-order chi connectivity index (χ1) is 8.09. The van der Waals surface area contributed by atoms with Crippen LogP contribution in [0.3, 0.4) is 0 Å². The van der Waals surface area contributed by atoms with Crippen molar-refractivity contribution in [2.75, 3.05) is 6.61 Å². The molecule has 94 valence electrons. The molecule has 1 aromatic rings. The van der Waals surface area contributed by atoms with E-state index in [-0.39, 0.29) is 0 Å². The molecule has 6 nitrogen and oxygen atoms in total. The molecule has 0 fully saturated rings. The summed E-state index contributed by atoms with van der Waals surface area (Å²) in [6.07, 6.45) is 0.781. The van der Waals surface area contributed by atoms with Crippen LogP contribution in [0.15, 0.2) is 24.3 Å². The number of amides is 1. The molecule has 0 radical (unpaired) electrons. The largest absolute Gasteiger partial charge is 0.493 e. The van der Waals surface area contributed by atoms with Gasteiger partial charge in [0.05, 0.1) is 6.61 Å². The minimum atomic E-state index is -2.99. The van der Waals surface area contributed by atoms with E-state index in [1.165, 1.54) is 16.7 Å². The third-order valence-electron chi connectivity index (χ3n) is 2.01. The monoisotopic (exact) mass is 259 g/mol. The van der Waals surface area contributed by atoms with E-state index in [2.05, 4.69) is 12.1 Å². The zero-order valence-corrected chi connectivity index (χ0v) is 9.85. The SMILES string of the molecule is O=C(O)N[SH](=O)=O.c1ccc2c(c1)CCCO2. The molecule has 1 aliphatic heterocycles. The Morgan fingerprint density at radius 3 is 2.59 bits per heavy atom. The molecule has 0 aromatic heterocycles. The van der Waals surface area contributed by atoms with Gasteiger partial charge < -0.3 is 9.84 Å². The Morgan fingerprint density at radius 2 is 2.06 bits per heavy atom. The Labute approximate surface area is 100 Å². The lowest BCUT2D eigenvalue weighted by atomic mass is 10.1. The number of ether oxygens (including phenoxy) is 1. The van der Waals surface area contributed by atoms with Crippen molar-refractivity contribution < 1.29 is 23.1 Å². The van der Waals surface area contributed by atoms with E-state index in [1.54, 1.807) is 0 Å². The second-order valence-electron chi connectivity index (χ2n) is 3.23. The van der Waals surface area contributed by atoms with Crippen LogP contribution in [0.5, 0.6) is 5.75 Å². The molecular formula is C10H13NO5S. The number of carbonyl (C=O) groups is 1. The van der Waals surface area contributed by atoms with Crippen molar-refractivity contribution in [1.82, 2.24) is 4.72 Å². The summed E-state index contributed by atoms with van der Waals surface area (Å²) in [5.41, 5.74) is 1.36. The highest BCUT2D eigenvalue weighted by molar-refractivity contribution is 7.70. The highest BCUT2D eigenvalue weighted by Crippen LogP contribution is 2.22. The predicted octanol–water partition coefficient (Wildman–Crippen LogP) is 0.792. The van der Waals surface area contributed by atoms with Gasteiger partial charge >= 0.3 is 6.09 Å². The summed E-state index contributed by atoms with van der Waals surface area (Å²) in [6.45, 7) is 0.886. The number of nitrogens with one attached hydrogen (secondary N) is 1. The Balaban J connectivity index is 0.000000185. The normalized spacial score (nSPS) is 12.8. The summed E-state index contributed by atoms with van der Waals surface area (Å²) < 4.78 is 25.3. The zero-order chi connectivity index (χ0) is 12.7. The quantitative estimate of drug-likeness (QED) is 0.648. The van der Waals surface area contributed by atoms with Gasteiger partial charge in [-0.1, -0.05) is 18.2 Å². The molecule has 0 bridgehead atoms. The fraction of sp³-hybridized carbons (Fsp3) is 0.300. The van der Waals surface area contributed by atoms with Crippen LogP contribution in [0.1, 0.15) is 12.0 Å². The van der Waals surface area contributed by atoms with Gasteiger partial charge in [-0.15, -0.1) is 0 Å². The number of benzene rings is 1. The molecule has 1 amide bonds. The molecule has 17 heavy (non-hydrogen) atoms. The molecule has 0 spiro atoms. The Morgan fingerprint density at radius 1 is 1.35 bits per heavy atom. The van der Waals surface area contributed by atoms with E-state index in [0.29, 0.717) is 0 Å². The number of fused-ring (bicyclic) bond motifs is 1. The van der Waals surface area contributed by atoms with Crippen molar-refractivity contribution in [2.45, 2.75) is 12.8 Å². The molecular weight excluding hydrogens is 246 g/mol. The molecule has 0 atom stereocenters. The highest BCUT2D eigenvalue weighted by Gasteiger charge is 2.06. The maximum atomic E-state index is 9.35. The predicted molar refractivity (Wildman–Crippen MR) is 61.7 cm³/mol. The van der Waals surface area contributed by atoms with E-state index >= 15 is 0 Å². The lowest BCUT2D eigenvalue weighted by Crippen LogP contribution is -2.17. The summed E-state index contributed by atoms with van der Waals surface area (Å²) >= 11 is 0. The van der Waals surface area contributed by atoms with Crippen LogP contribution in [-0.4, -0.2) is 26.2 Å². The van der Waals surface area contributed by atoms with Gasteiger partial charge in [0.15, 0.2) is 0 Å². The fourth-order valence-corrected chi connectivity index (χ4v) is 1.53. The molecule has 7 heteroatoms. The van der Waals surface area contributed by atoms with Crippen LogP contribution in [0.2, 0.25) is 0 Å². The number of aryl methyl sites for hydroxylation is 1. The molecule has 0 aliphatic carbocycles. The lowest BCUT2D eigenvalue weighted by molar-refractivity contribution is 0.201. The van der Waals surface area contributed by atoms with Crippen LogP contribution in [0.25, 0.3) is 0 Å². The van der Waals surface area contributed by atoms with E-state index in [4.69, 9.17) is 9.84 Å². The van der Waals surface area contributed by atoms with Crippen LogP contribution in [0, 0.1) is 0 Å². The van der Waals surface area contributed by atoms with Crippen molar-refractivity contribution in [2.24, 2.45) is 0 Å². The number of thiol groups is 1. The number of para-hydroxylation sites is 1. The summed E-state index contributed by atoms with van der Waals surface area (Å²) in [6, 6.07) is 8.25. The van der Waals surface area contributed by atoms with Crippen LogP contribution in [0.4, 0.5) is 4.79 Å². The molecule has 2 N–H and O–H groups in total. The molecule has 0 saturated heterocycles. The highest BCUT2D eigenvalue weighted by atomic mass is 32.2. The standard InChI is InChI=1S/C9H10O.CH3NO4S/c1-2-6-9-8(4-1)5-3-7-10-9;3-1(4)2-7(5)6/h1-2,4,6H,3,5,7H2;7H,(H,3,4)(H,2,5,6). The lowest BCUT2D eigenvalue weighted by Gasteiger charge is -2.15. The van der Waals surface area contributed by atoms with Gasteiger partial charge in [0, 0.05) is 0 Å². The summed E-state index contributed by atoms with van der Waals surface area (Å²) in [5.74, 6) is 1.08. The van der Waals surface area contributed by atoms with Crippen molar-refractivity contribution in [3.63, 3.8) is 0 Å². The molecule has 1 aliphatic rings. The first kappa shape index (κ1) is 13.3. The third-order valence-corrected chi connectivity index (χ3v) is 2.38. The Kier molecular flexibility index (Phi) is 5.28. The third kappa shape index (κ3) is 5.21. The minimum absolute atomic E-state index is 0.886. The van der Waals surface area contributed by atoms with Gasteiger partial charge in [0.1, 0.15) is 5.75 Å².